The van der Waals surface area contributed by atoms with Crippen LogP contribution < -0.4 is 20.7 Å². The highest BCUT2D eigenvalue weighted by Gasteiger charge is 2.07. The highest BCUT2D eigenvalue weighted by molar-refractivity contribution is 14.0. The fourth-order valence-corrected chi connectivity index (χ4v) is 2.42. The molecule has 0 aromatic heterocycles. The van der Waals surface area contributed by atoms with E-state index in [1.54, 1.807) is 14.2 Å². The average molecular weight is 506 g/mol. The van der Waals surface area contributed by atoms with Crippen molar-refractivity contribution in [3.63, 3.8) is 0 Å². The molecule has 0 atom stereocenters. The summed E-state index contributed by atoms with van der Waals surface area (Å²) in [5.41, 5.74) is 2.21. The van der Waals surface area contributed by atoms with Crippen LogP contribution in [0.5, 0.6) is 5.75 Å². The van der Waals surface area contributed by atoms with Gasteiger partial charge in [-0.25, -0.2) is 0 Å². The van der Waals surface area contributed by atoms with Crippen LogP contribution in [0.1, 0.15) is 37.8 Å². The van der Waals surface area contributed by atoms with Crippen LogP contribution in [-0.4, -0.2) is 51.8 Å². The third kappa shape index (κ3) is 11.3. The van der Waals surface area contributed by atoms with Crippen LogP contribution in [-0.2, 0) is 16.1 Å². The first kappa shape index (κ1) is 26.4. The zero-order chi connectivity index (χ0) is 20.1. The number of aliphatic imine (C=N–C) groups is 1. The monoisotopic (exact) mass is 506 g/mol. The molecule has 0 radical (unpaired) electrons. The molecule has 7 nitrogen and oxygen atoms in total. The summed E-state index contributed by atoms with van der Waals surface area (Å²) < 4.78 is 11.0. The van der Waals surface area contributed by atoms with Gasteiger partial charge in [-0.3, -0.25) is 9.79 Å². The van der Waals surface area contributed by atoms with E-state index in [1.165, 1.54) is 0 Å². The van der Waals surface area contributed by atoms with E-state index in [9.17, 15) is 4.79 Å². The number of guanidine groups is 1. The van der Waals surface area contributed by atoms with Crippen molar-refractivity contribution in [3.05, 3.63) is 29.3 Å². The molecule has 1 rings (SSSR count). The molecule has 0 saturated carbocycles. The number of nitrogens with zero attached hydrogens (tertiary/aromatic N) is 1. The zero-order valence-electron chi connectivity index (χ0n) is 17.6. The molecule has 28 heavy (non-hydrogen) atoms. The van der Waals surface area contributed by atoms with Gasteiger partial charge in [0.1, 0.15) is 5.75 Å². The highest BCUT2D eigenvalue weighted by atomic mass is 127. The zero-order valence-corrected chi connectivity index (χ0v) is 20.0. The quantitative estimate of drug-likeness (QED) is 0.186. The molecule has 0 saturated heterocycles. The summed E-state index contributed by atoms with van der Waals surface area (Å²) in [6.07, 6.45) is 1.25. The molecule has 0 spiro atoms. The predicted octanol–water partition coefficient (Wildman–Crippen LogP) is 2.61. The van der Waals surface area contributed by atoms with Gasteiger partial charge in [0.2, 0.25) is 5.91 Å². The molecular weight excluding hydrogens is 471 g/mol. The molecule has 0 aliphatic rings. The number of aryl methyl sites for hydroxylation is 1. The van der Waals surface area contributed by atoms with E-state index in [0.717, 1.165) is 23.3 Å². The van der Waals surface area contributed by atoms with Crippen molar-refractivity contribution in [1.29, 1.82) is 0 Å². The van der Waals surface area contributed by atoms with E-state index < -0.39 is 0 Å². The fraction of sp³-hybridized carbons (Fsp3) is 0.600. The molecule has 0 aliphatic heterocycles. The van der Waals surface area contributed by atoms with Crippen molar-refractivity contribution in [1.82, 2.24) is 16.0 Å². The summed E-state index contributed by atoms with van der Waals surface area (Å²) in [5, 5.41) is 9.29. The summed E-state index contributed by atoms with van der Waals surface area (Å²) >= 11 is 0. The number of nitrogens with one attached hydrogen (secondary N) is 3. The van der Waals surface area contributed by atoms with Gasteiger partial charge in [0.15, 0.2) is 5.96 Å². The topological polar surface area (TPSA) is 84.0 Å². The minimum Gasteiger partial charge on any atom is -0.493 e. The van der Waals surface area contributed by atoms with Crippen molar-refractivity contribution in [2.75, 3.05) is 33.9 Å². The Balaban J connectivity index is 0.00000729. The van der Waals surface area contributed by atoms with Crippen molar-refractivity contribution >= 4 is 35.8 Å². The van der Waals surface area contributed by atoms with Crippen molar-refractivity contribution in [3.8, 4) is 5.75 Å². The highest BCUT2D eigenvalue weighted by Crippen LogP contribution is 2.20. The van der Waals surface area contributed by atoms with Crippen molar-refractivity contribution in [2.45, 2.75) is 46.2 Å². The standard InChI is InChI=1S/C20H34N4O3.HI/c1-15(2)24-19(25)9-10-22-20(21-4)23-14-17-8-7-16(3)13-18(17)27-12-6-11-26-5;/h7-8,13,15H,6,9-12,14H2,1-5H3,(H,24,25)(H2,21,22,23);1H. The van der Waals surface area contributed by atoms with E-state index in [-0.39, 0.29) is 35.9 Å². The second-order valence-corrected chi connectivity index (χ2v) is 6.63. The average Bonchev–Trinajstić information content (AvgIpc) is 2.62. The Morgan fingerprint density at radius 2 is 1.96 bits per heavy atom. The first-order chi connectivity index (χ1) is 13.0. The SMILES string of the molecule is CN=C(NCCC(=O)NC(C)C)NCc1ccc(C)cc1OCCCOC.I. The van der Waals surface area contributed by atoms with Crippen LogP contribution >= 0.6 is 24.0 Å². The number of ether oxygens (including phenoxy) is 2. The summed E-state index contributed by atoms with van der Waals surface area (Å²) in [7, 11) is 3.40. The van der Waals surface area contributed by atoms with Gasteiger partial charge < -0.3 is 25.4 Å². The van der Waals surface area contributed by atoms with Crippen LogP contribution in [0.2, 0.25) is 0 Å². The lowest BCUT2D eigenvalue weighted by atomic mass is 10.1. The van der Waals surface area contributed by atoms with Crippen molar-refractivity contribution in [2.24, 2.45) is 4.99 Å². The molecule has 0 fully saturated rings. The Morgan fingerprint density at radius 1 is 1.21 bits per heavy atom. The largest absolute Gasteiger partial charge is 0.493 e. The number of rotatable bonds is 11. The minimum atomic E-state index is 0. The second kappa shape index (κ2) is 15.4. The van der Waals surface area contributed by atoms with Gasteiger partial charge in [-0.05, 0) is 32.4 Å². The van der Waals surface area contributed by atoms with E-state index >= 15 is 0 Å². The van der Waals surface area contributed by atoms with E-state index in [4.69, 9.17) is 9.47 Å². The summed E-state index contributed by atoms with van der Waals surface area (Å²) in [6, 6.07) is 6.30. The Bertz CT molecular complexity index is 609. The van der Waals surface area contributed by atoms with Gasteiger partial charge in [-0.15, -0.1) is 24.0 Å². The molecule has 160 valence electrons. The van der Waals surface area contributed by atoms with E-state index in [0.29, 0.717) is 38.7 Å². The normalized spacial score (nSPS) is 11.0. The fourth-order valence-electron chi connectivity index (χ4n) is 2.42. The molecule has 3 N–H and O–H groups in total. The lowest BCUT2D eigenvalue weighted by Crippen LogP contribution is -2.39. The number of amides is 1. The summed E-state index contributed by atoms with van der Waals surface area (Å²) in [6.45, 7) is 8.33. The van der Waals surface area contributed by atoms with Crippen LogP contribution in [0, 0.1) is 6.92 Å². The number of hydrogen-bond acceptors (Lipinski definition) is 4. The summed E-state index contributed by atoms with van der Waals surface area (Å²) in [4.78, 5) is 15.9. The maximum atomic E-state index is 11.7. The maximum Gasteiger partial charge on any atom is 0.221 e. The number of carbonyl (C=O) groups excluding carboxylic acids is 1. The first-order valence-electron chi connectivity index (χ1n) is 9.41. The van der Waals surface area contributed by atoms with E-state index in [1.807, 2.05) is 26.8 Å². The molecule has 0 bridgehead atoms. The number of methoxy groups -OCH3 is 1. The molecule has 1 amide bonds. The van der Waals surface area contributed by atoms with Crippen LogP contribution in [0.3, 0.4) is 0 Å². The smallest absolute Gasteiger partial charge is 0.221 e. The number of benzene rings is 1. The number of carbonyl (C=O) groups is 1. The third-order valence-corrected chi connectivity index (χ3v) is 3.74. The molecule has 0 heterocycles. The lowest BCUT2D eigenvalue weighted by Gasteiger charge is -2.16. The van der Waals surface area contributed by atoms with Crippen LogP contribution in [0.25, 0.3) is 0 Å². The van der Waals surface area contributed by atoms with Gasteiger partial charge >= 0.3 is 0 Å². The molecule has 0 aliphatic carbocycles. The Morgan fingerprint density at radius 3 is 2.61 bits per heavy atom. The van der Waals surface area contributed by atoms with Gasteiger partial charge in [0, 0.05) is 58.3 Å². The maximum absolute atomic E-state index is 11.7. The molecular formula is C20H35IN4O3. The van der Waals surface area contributed by atoms with Gasteiger partial charge in [-0.1, -0.05) is 12.1 Å². The molecule has 8 heteroatoms. The molecule has 0 unspecified atom stereocenters. The van der Waals surface area contributed by atoms with Gasteiger partial charge in [0.05, 0.1) is 6.61 Å². The predicted molar refractivity (Wildman–Crippen MR) is 125 cm³/mol. The third-order valence-electron chi connectivity index (χ3n) is 3.74. The van der Waals surface area contributed by atoms with Gasteiger partial charge in [-0.2, -0.15) is 0 Å². The van der Waals surface area contributed by atoms with Gasteiger partial charge in [0.25, 0.3) is 0 Å². The molecule has 1 aromatic carbocycles. The van der Waals surface area contributed by atoms with Crippen molar-refractivity contribution < 1.29 is 14.3 Å². The second-order valence-electron chi connectivity index (χ2n) is 6.63. The summed E-state index contributed by atoms with van der Waals surface area (Å²) in [5.74, 6) is 1.54. The number of hydrogen-bond donors (Lipinski definition) is 3. The Hall–Kier alpha value is -1.55. The lowest BCUT2D eigenvalue weighted by molar-refractivity contribution is -0.121. The van der Waals surface area contributed by atoms with Crippen LogP contribution in [0.15, 0.2) is 23.2 Å². The van der Waals surface area contributed by atoms with Crippen LogP contribution in [0.4, 0.5) is 0 Å². The first-order valence-corrected chi connectivity index (χ1v) is 9.41. The number of halogens is 1. The Kier molecular flexibility index (Phi) is 14.5. The Labute approximate surface area is 186 Å². The molecule has 1 aromatic rings. The van der Waals surface area contributed by atoms with E-state index in [2.05, 4.69) is 33.1 Å². The minimum absolute atomic E-state index is 0.